The van der Waals surface area contributed by atoms with Crippen LogP contribution >= 0.6 is 15.9 Å². The second-order valence-electron chi connectivity index (χ2n) is 7.70. The van der Waals surface area contributed by atoms with Gasteiger partial charge in [-0.1, -0.05) is 35.2 Å². The van der Waals surface area contributed by atoms with E-state index in [0.717, 1.165) is 37.6 Å². The molecule has 1 amide bonds. The molecule has 0 aromatic rings. The average molecular weight is 376 g/mol. The van der Waals surface area contributed by atoms with Gasteiger partial charge in [0.25, 0.3) is 0 Å². The molecule has 0 aromatic carbocycles. The summed E-state index contributed by atoms with van der Waals surface area (Å²) in [5.74, 6) is 0. The lowest BCUT2D eigenvalue weighted by Crippen LogP contribution is -2.55. The van der Waals surface area contributed by atoms with Gasteiger partial charge in [0, 0.05) is 11.9 Å². The van der Waals surface area contributed by atoms with Crippen LogP contribution in [0.15, 0.2) is 0 Å². The molecule has 0 N–H and O–H groups in total. The van der Waals surface area contributed by atoms with Gasteiger partial charge in [0.1, 0.15) is 5.60 Å². The molecule has 2 aliphatic rings. The van der Waals surface area contributed by atoms with Crippen LogP contribution in [0.4, 0.5) is 4.79 Å². The summed E-state index contributed by atoms with van der Waals surface area (Å²) in [7, 11) is 0. The van der Waals surface area contributed by atoms with Crippen molar-refractivity contribution in [2.24, 2.45) is 0 Å². The van der Waals surface area contributed by atoms with E-state index in [2.05, 4.69) is 15.9 Å². The minimum atomic E-state index is -0.449. The topological polar surface area (TPSA) is 38.8 Å². The van der Waals surface area contributed by atoms with Crippen molar-refractivity contribution in [3.8, 4) is 0 Å². The molecule has 1 atom stereocenters. The van der Waals surface area contributed by atoms with Crippen LogP contribution in [0, 0.1) is 0 Å². The molecule has 0 bridgehead atoms. The summed E-state index contributed by atoms with van der Waals surface area (Å²) in [5.41, 5.74) is -0.701. The number of halogens is 1. The summed E-state index contributed by atoms with van der Waals surface area (Å²) in [5, 5.41) is 0.774. The number of ether oxygens (including phenoxy) is 2. The van der Waals surface area contributed by atoms with Crippen LogP contribution in [-0.2, 0) is 9.47 Å². The standard InChI is InChI=1S/C17H30BrNO3/c1-16(2,3)22-15(20)19-11-7-10-17(12-18,13-19)21-14-8-5-4-6-9-14/h14H,4-13H2,1-3H3. The van der Waals surface area contributed by atoms with Gasteiger partial charge >= 0.3 is 6.09 Å². The van der Waals surface area contributed by atoms with Crippen molar-refractivity contribution in [1.29, 1.82) is 0 Å². The van der Waals surface area contributed by atoms with Crippen molar-refractivity contribution in [2.75, 3.05) is 18.4 Å². The van der Waals surface area contributed by atoms with Crippen molar-refractivity contribution in [2.45, 2.75) is 83.0 Å². The summed E-state index contributed by atoms with van der Waals surface area (Å²) < 4.78 is 12.0. The van der Waals surface area contributed by atoms with Crippen LogP contribution in [0.3, 0.4) is 0 Å². The highest BCUT2D eigenvalue weighted by molar-refractivity contribution is 9.09. The number of hydrogen-bond donors (Lipinski definition) is 0. The van der Waals surface area contributed by atoms with E-state index in [-0.39, 0.29) is 11.7 Å². The van der Waals surface area contributed by atoms with Crippen molar-refractivity contribution >= 4 is 22.0 Å². The van der Waals surface area contributed by atoms with E-state index in [1.54, 1.807) is 0 Å². The molecule has 1 aliphatic heterocycles. The van der Waals surface area contributed by atoms with Gasteiger partial charge in [0.15, 0.2) is 0 Å². The first kappa shape index (κ1) is 18.1. The van der Waals surface area contributed by atoms with E-state index in [4.69, 9.17) is 9.47 Å². The van der Waals surface area contributed by atoms with Gasteiger partial charge in [0.2, 0.25) is 0 Å². The van der Waals surface area contributed by atoms with E-state index in [9.17, 15) is 4.79 Å². The number of carbonyl (C=O) groups excluding carboxylic acids is 1. The molecule has 5 heteroatoms. The second kappa shape index (κ2) is 7.52. The van der Waals surface area contributed by atoms with E-state index >= 15 is 0 Å². The second-order valence-corrected chi connectivity index (χ2v) is 8.26. The third-order valence-corrected chi connectivity index (χ3v) is 5.43. The lowest BCUT2D eigenvalue weighted by Gasteiger charge is -2.44. The minimum absolute atomic E-state index is 0.218. The largest absolute Gasteiger partial charge is 0.444 e. The monoisotopic (exact) mass is 375 g/mol. The van der Waals surface area contributed by atoms with Crippen molar-refractivity contribution in [3.63, 3.8) is 0 Å². The molecule has 4 nitrogen and oxygen atoms in total. The Morgan fingerprint density at radius 3 is 2.50 bits per heavy atom. The quantitative estimate of drug-likeness (QED) is 0.681. The van der Waals surface area contributed by atoms with Crippen LogP contribution < -0.4 is 0 Å². The van der Waals surface area contributed by atoms with Crippen LogP contribution in [0.1, 0.15) is 65.7 Å². The number of carbonyl (C=O) groups is 1. The Bertz CT molecular complexity index is 377. The maximum atomic E-state index is 12.3. The smallest absolute Gasteiger partial charge is 0.410 e. The van der Waals surface area contributed by atoms with Gasteiger partial charge in [0.05, 0.1) is 18.2 Å². The lowest BCUT2D eigenvalue weighted by atomic mass is 9.92. The zero-order valence-electron chi connectivity index (χ0n) is 14.2. The Morgan fingerprint density at radius 2 is 1.91 bits per heavy atom. The van der Waals surface area contributed by atoms with Gasteiger partial charge in [-0.2, -0.15) is 0 Å². The fraction of sp³-hybridized carbons (Fsp3) is 0.941. The van der Waals surface area contributed by atoms with Crippen LogP contribution in [0.25, 0.3) is 0 Å². The SMILES string of the molecule is CC(C)(C)OC(=O)N1CCCC(CBr)(OC2CCCCC2)C1. The summed E-state index contributed by atoms with van der Waals surface area (Å²) in [4.78, 5) is 14.2. The normalized spacial score (nSPS) is 27.7. The fourth-order valence-corrected chi connectivity index (χ4v) is 3.94. The molecular weight excluding hydrogens is 346 g/mol. The van der Waals surface area contributed by atoms with E-state index < -0.39 is 5.60 Å². The fourth-order valence-electron chi connectivity index (χ4n) is 3.35. The van der Waals surface area contributed by atoms with Crippen LogP contribution in [0.5, 0.6) is 0 Å². The zero-order valence-corrected chi connectivity index (χ0v) is 15.8. The molecule has 1 saturated carbocycles. The molecule has 0 spiro atoms. The number of amides is 1. The summed E-state index contributed by atoms with van der Waals surface area (Å²) in [6.45, 7) is 7.11. The molecule has 1 unspecified atom stereocenters. The summed E-state index contributed by atoms with van der Waals surface area (Å²) in [6.07, 6.45) is 8.27. The van der Waals surface area contributed by atoms with Crippen molar-refractivity contribution in [3.05, 3.63) is 0 Å². The third kappa shape index (κ3) is 5.12. The maximum Gasteiger partial charge on any atom is 0.410 e. The Balaban J connectivity index is 1.97. The first-order chi connectivity index (χ1) is 10.3. The number of alkyl halides is 1. The van der Waals surface area contributed by atoms with Crippen LogP contribution in [-0.4, -0.2) is 46.7 Å². The molecule has 2 rings (SSSR count). The van der Waals surface area contributed by atoms with Crippen molar-refractivity contribution < 1.29 is 14.3 Å². The molecular formula is C17H30BrNO3. The number of piperidine rings is 1. The van der Waals surface area contributed by atoms with E-state index in [1.165, 1.54) is 19.3 Å². The van der Waals surface area contributed by atoms with Gasteiger partial charge in [-0.25, -0.2) is 4.79 Å². The predicted molar refractivity (Wildman–Crippen MR) is 91.5 cm³/mol. The average Bonchev–Trinajstić information content (AvgIpc) is 2.47. The maximum absolute atomic E-state index is 12.3. The predicted octanol–water partition coefficient (Wildman–Crippen LogP) is 4.50. The highest BCUT2D eigenvalue weighted by atomic mass is 79.9. The first-order valence-electron chi connectivity index (χ1n) is 8.55. The van der Waals surface area contributed by atoms with Crippen molar-refractivity contribution in [1.82, 2.24) is 4.90 Å². The summed E-state index contributed by atoms with van der Waals surface area (Å²) in [6, 6.07) is 0. The molecule has 1 heterocycles. The molecule has 128 valence electrons. The highest BCUT2D eigenvalue weighted by Gasteiger charge is 2.40. The van der Waals surface area contributed by atoms with Crippen LogP contribution in [0.2, 0.25) is 0 Å². The molecule has 1 saturated heterocycles. The first-order valence-corrected chi connectivity index (χ1v) is 9.67. The molecule has 1 aliphatic carbocycles. The Labute approximate surface area is 143 Å². The minimum Gasteiger partial charge on any atom is -0.444 e. The van der Waals surface area contributed by atoms with Gasteiger partial charge in [-0.3, -0.25) is 0 Å². The van der Waals surface area contributed by atoms with Gasteiger partial charge < -0.3 is 14.4 Å². The van der Waals surface area contributed by atoms with E-state index in [1.807, 2.05) is 25.7 Å². The highest BCUT2D eigenvalue weighted by Crippen LogP contribution is 2.33. The molecule has 2 fully saturated rings. The molecule has 0 aromatic heterocycles. The van der Waals surface area contributed by atoms with Gasteiger partial charge in [-0.05, 0) is 46.5 Å². The number of hydrogen-bond acceptors (Lipinski definition) is 3. The molecule has 0 radical (unpaired) electrons. The zero-order chi connectivity index (χ0) is 16.2. The third-order valence-electron chi connectivity index (χ3n) is 4.40. The Hall–Kier alpha value is -0.290. The lowest BCUT2D eigenvalue weighted by molar-refractivity contribution is -0.121. The van der Waals surface area contributed by atoms with Gasteiger partial charge in [-0.15, -0.1) is 0 Å². The number of likely N-dealkylation sites (tertiary alicyclic amines) is 1. The number of nitrogens with zero attached hydrogens (tertiary/aromatic N) is 1. The molecule has 22 heavy (non-hydrogen) atoms. The Morgan fingerprint density at radius 1 is 1.23 bits per heavy atom. The summed E-state index contributed by atoms with van der Waals surface area (Å²) >= 11 is 3.63. The Kier molecular flexibility index (Phi) is 6.17. The van der Waals surface area contributed by atoms with E-state index in [0.29, 0.717) is 12.6 Å². The number of rotatable bonds is 3.